The van der Waals surface area contributed by atoms with Crippen LogP contribution in [0.15, 0.2) is 0 Å². The van der Waals surface area contributed by atoms with Gasteiger partial charge in [-0.3, -0.25) is 4.90 Å². The molecule has 0 aromatic heterocycles. The van der Waals surface area contributed by atoms with Crippen molar-refractivity contribution < 1.29 is 0 Å². The van der Waals surface area contributed by atoms with Crippen LogP contribution in [0.25, 0.3) is 0 Å². The molecule has 0 unspecified atom stereocenters. The van der Waals surface area contributed by atoms with E-state index in [4.69, 9.17) is 5.73 Å². The van der Waals surface area contributed by atoms with E-state index in [0.717, 1.165) is 24.4 Å². The summed E-state index contributed by atoms with van der Waals surface area (Å²) in [6.07, 6.45) is 11.3. The number of hydrogen-bond donors (Lipinski definition) is 1. The van der Waals surface area contributed by atoms with Crippen LogP contribution in [0.4, 0.5) is 0 Å². The van der Waals surface area contributed by atoms with Crippen LogP contribution in [0.3, 0.4) is 0 Å². The van der Waals surface area contributed by atoms with Crippen molar-refractivity contribution >= 4 is 0 Å². The summed E-state index contributed by atoms with van der Waals surface area (Å²) in [7, 11) is 0. The summed E-state index contributed by atoms with van der Waals surface area (Å²) >= 11 is 0. The molecule has 2 atom stereocenters. The highest BCUT2D eigenvalue weighted by Crippen LogP contribution is 2.36. The summed E-state index contributed by atoms with van der Waals surface area (Å²) in [4.78, 5) is 2.79. The zero-order valence-electron chi connectivity index (χ0n) is 11.5. The average Bonchev–Trinajstić information content (AvgIpc) is 2.78. The van der Waals surface area contributed by atoms with Crippen molar-refractivity contribution in [1.82, 2.24) is 4.90 Å². The molecule has 2 rings (SSSR count). The second-order valence-corrected chi connectivity index (χ2v) is 6.06. The van der Waals surface area contributed by atoms with E-state index in [1.54, 1.807) is 0 Å². The summed E-state index contributed by atoms with van der Waals surface area (Å²) in [5.74, 6) is 1.72. The summed E-state index contributed by atoms with van der Waals surface area (Å²) in [5.41, 5.74) is 6.06. The Balaban J connectivity index is 2.08. The van der Waals surface area contributed by atoms with E-state index in [9.17, 15) is 0 Å². The molecule has 17 heavy (non-hydrogen) atoms. The molecule has 0 aromatic rings. The van der Waals surface area contributed by atoms with Crippen LogP contribution in [-0.4, -0.2) is 30.6 Å². The van der Waals surface area contributed by atoms with Crippen LogP contribution < -0.4 is 5.73 Å². The Morgan fingerprint density at radius 2 is 1.76 bits per heavy atom. The lowest BCUT2D eigenvalue weighted by Crippen LogP contribution is -2.46. The van der Waals surface area contributed by atoms with E-state index < -0.39 is 0 Å². The molecule has 1 heterocycles. The summed E-state index contributed by atoms with van der Waals surface area (Å²) in [6, 6.07) is 0.810. The first-order chi connectivity index (χ1) is 8.36. The van der Waals surface area contributed by atoms with Crippen molar-refractivity contribution in [2.24, 2.45) is 17.6 Å². The standard InChI is InChI=1S/C15H30N2/c1-2-10-17-11-6-5-9-14(12-16)15(17)13-7-3-4-8-13/h13-15H,2-12,16H2,1H3/t14-,15-/m1/s1. The fourth-order valence-electron chi connectivity index (χ4n) is 4.13. The Hall–Kier alpha value is -0.0800. The van der Waals surface area contributed by atoms with Crippen molar-refractivity contribution in [3.8, 4) is 0 Å². The van der Waals surface area contributed by atoms with Crippen LogP contribution in [-0.2, 0) is 0 Å². The van der Waals surface area contributed by atoms with Gasteiger partial charge in [0.15, 0.2) is 0 Å². The Morgan fingerprint density at radius 1 is 1.06 bits per heavy atom. The minimum Gasteiger partial charge on any atom is -0.330 e. The van der Waals surface area contributed by atoms with E-state index in [1.807, 2.05) is 0 Å². The first kappa shape index (κ1) is 13.4. The van der Waals surface area contributed by atoms with Crippen molar-refractivity contribution in [3.05, 3.63) is 0 Å². The second kappa shape index (κ2) is 6.75. The predicted octanol–water partition coefficient (Wildman–Crippen LogP) is 3.02. The van der Waals surface area contributed by atoms with E-state index >= 15 is 0 Å². The Bertz CT molecular complexity index is 211. The zero-order chi connectivity index (χ0) is 12.1. The van der Waals surface area contributed by atoms with Gasteiger partial charge in [0.1, 0.15) is 0 Å². The Morgan fingerprint density at radius 3 is 2.41 bits per heavy atom. The predicted molar refractivity (Wildman–Crippen MR) is 74.0 cm³/mol. The monoisotopic (exact) mass is 238 g/mol. The van der Waals surface area contributed by atoms with Crippen molar-refractivity contribution in [3.63, 3.8) is 0 Å². The maximum absolute atomic E-state index is 6.06. The van der Waals surface area contributed by atoms with Crippen LogP contribution in [0.2, 0.25) is 0 Å². The molecule has 2 heteroatoms. The summed E-state index contributed by atoms with van der Waals surface area (Å²) in [6.45, 7) is 5.83. The SMILES string of the molecule is CCCN1CCCC[C@H](CN)[C@H]1C1CCCC1. The van der Waals surface area contributed by atoms with Crippen molar-refractivity contribution in [1.29, 1.82) is 0 Å². The minimum absolute atomic E-state index is 0.771. The van der Waals surface area contributed by atoms with Gasteiger partial charge in [0, 0.05) is 6.04 Å². The quantitative estimate of drug-likeness (QED) is 0.816. The van der Waals surface area contributed by atoms with Crippen LogP contribution in [0.1, 0.15) is 58.3 Å². The summed E-state index contributed by atoms with van der Waals surface area (Å²) in [5, 5.41) is 0. The molecule has 0 aromatic carbocycles. The van der Waals surface area contributed by atoms with Gasteiger partial charge < -0.3 is 5.73 Å². The normalized spacial score (nSPS) is 32.8. The maximum atomic E-state index is 6.06. The third-order valence-corrected chi connectivity index (χ3v) is 4.87. The van der Waals surface area contributed by atoms with Gasteiger partial charge in [0.05, 0.1) is 0 Å². The van der Waals surface area contributed by atoms with Gasteiger partial charge >= 0.3 is 0 Å². The number of hydrogen-bond acceptors (Lipinski definition) is 2. The number of nitrogens with two attached hydrogens (primary N) is 1. The van der Waals surface area contributed by atoms with Gasteiger partial charge in [-0.2, -0.15) is 0 Å². The molecule has 1 saturated carbocycles. The fraction of sp³-hybridized carbons (Fsp3) is 1.00. The molecule has 0 spiro atoms. The first-order valence-electron chi connectivity index (χ1n) is 7.81. The topological polar surface area (TPSA) is 29.3 Å². The molecule has 0 bridgehead atoms. The van der Waals surface area contributed by atoms with Crippen LogP contribution in [0, 0.1) is 11.8 Å². The largest absolute Gasteiger partial charge is 0.330 e. The number of nitrogens with zero attached hydrogens (tertiary/aromatic N) is 1. The lowest BCUT2D eigenvalue weighted by Gasteiger charge is -2.38. The van der Waals surface area contributed by atoms with E-state index in [1.165, 1.54) is 64.5 Å². The molecule has 0 radical (unpaired) electrons. The van der Waals surface area contributed by atoms with Gasteiger partial charge in [0.2, 0.25) is 0 Å². The van der Waals surface area contributed by atoms with E-state index in [0.29, 0.717) is 0 Å². The molecule has 1 saturated heterocycles. The van der Waals surface area contributed by atoms with Crippen molar-refractivity contribution in [2.45, 2.75) is 64.3 Å². The fourth-order valence-corrected chi connectivity index (χ4v) is 4.13. The van der Waals surface area contributed by atoms with Crippen LogP contribution >= 0.6 is 0 Å². The molecule has 0 amide bonds. The summed E-state index contributed by atoms with van der Waals surface area (Å²) < 4.78 is 0. The molecule has 2 fully saturated rings. The number of likely N-dealkylation sites (tertiary alicyclic amines) is 1. The lowest BCUT2D eigenvalue weighted by molar-refractivity contribution is 0.104. The minimum atomic E-state index is 0.771. The second-order valence-electron chi connectivity index (χ2n) is 6.06. The molecule has 100 valence electrons. The lowest BCUT2D eigenvalue weighted by atomic mass is 9.84. The third-order valence-electron chi connectivity index (χ3n) is 4.87. The zero-order valence-corrected chi connectivity index (χ0v) is 11.5. The average molecular weight is 238 g/mol. The molecule has 1 aliphatic heterocycles. The van der Waals surface area contributed by atoms with Gasteiger partial charge in [-0.25, -0.2) is 0 Å². The highest BCUT2D eigenvalue weighted by Gasteiger charge is 2.35. The van der Waals surface area contributed by atoms with Crippen LogP contribution in [0.5, 0.6) is 0 Å². The molecule has 2 aliphatic rings. The Kier molecular flexibility index (Phi) is 5.30. The molecule has 2 N–H and O–H groups in total. The van der Waals surface area contributed by atoms with Crippen molar-refractivity contribution in [2.75, 3.05) is 19.6 Å². The molecular weight excluding hydrogens is 208 g/mol. The maximum Gasteiger partial charge on any atom is 0.0164 e. The van der Waals surface area contributed by atoms with Gasteiger partial charge in [-0.1, -0.05) is 26.2 Å². The molecular formula is C15H30N2. The van der Waals surface area contributed by atoms with Gasteiger partial charge in [0.25, 0.3) is 0 Å². The third kappa shape index (κ3) is 3.23. The first-order valence-corrected chi connectivity index (χ1v) is 7.81. The van der Waals surface area contributed by atoms with E-state index in [2.05, 4.69) is 11.8 Å². The Labute approximate surface area is 107 Å². The smallest absolute Gasteiger partial charge is 0.0164 e. The van der Waals surface area contributed by atoms with E-state index in [-0.39, 0.29) is 0 Å². The highest BCUT2D eigenvalue weighted by atomic mass is 15.2. The van der Waals surface area contributed by atoms with Gasteiger partial charge in [-0.15, -0.1) is 0 Å². The van der Waals surface area contributed by atoms with Gasteiger partial charge in [-0.05, 0) is 63.6 Å². The highest BCUT2D eigenvalue weighted by molar-refractivity contribution is 4.90. The number of rotatable bonds is 4. The molecule has 1 aliphatic carbocycles. The molecule has 2 nitrogen and oxygen atoms in total.